The molecule has 0 saturated carbocycles. The Labute approximate surface area is 94.2 Å². The van der Waals surface area contributed by atoms with Crippen LogP contribution >= 0.6 is 11.8 Å². The van der Waals surface area contributed by atoms with Crippen LogP contribution in [0.3, 0.4) is 0 Å². The van der Waals surface area contributed by atoms with Gasteiger partial charge in [0.25, 0.3) is 0 Å². The maximum atomic E-state index is 5.70. The number of nitrogens with one attached hydrogen (secondary N) is 1. The van der Waals surface area contributed by atoms with Gasteiger partial charge >= 0.3 is 0 Å². The zero-order valence-corrected chi connectivity index (χ0v) is 9.73. The summed E-state index contributed by atoms with van der Waals surface area (Å²) in [5.41, 5.74) is 9.48. The third-order valence-corrected chi connectivity index (χ3v) is 3.49. The molecule has 1 aromatic heterocycles. The molecule has 80 valence electrons. The molecule has 0 unspecified atom stereocenters. The number of aromatic amines is 1. The number of H-pyrrole nitrogens is 1. The van der Waals surface area contributed by atoms with Crippen LogP contribution in [0.15, 0.2) is 24.4 Å². The van der Waals surface area contributed by atoms with Crippen molar-refractivity contribution < 1.29 is 0 Å². The van der Waals surface area contributed by atoms with E-state index in [9.17, 15) is 0 Å². The predicted molar refractivity (Wildman–Crippen MR) is 68.0 cm³/mol. The Bertz CT molecular complexity index is 448. The average molecular weight is 220 g/mol. The summed E-state index contributed by atoms with van der Waals surface area (Å²) in [7, 11) is 0. The van der Waals surface area contributed by atoms with E-state index in [0.717, 1.165) is 11.5 Å². The van der Waals surface area contributed by atoms with E-state index in [2.05, 4.69) is 36.3 Å². The zero-order chi connectivity index (χ0) is 10.7. The topological polar surface area (TPSA) is 41.8 Å². The first kappa shape index (κ1) is 10.6. The van der Waals surface area contributed by atoms with Gasteiger partial charge in [0.1, 0.15) is 0 Å². The first-order chi connectivity index (χ1) is 7.36. The van der Waals surface area contributed by atoms with Gasteiger partial charge in [-0.15, -0.1) is 0 Å². The molecule has 0 amide bonds. The second-order valence-corrected chi connectivity index (χ2v) is 4.77. The van der Waals surface area contributed by atoms with Crippen LogP contribution in [0.4, 0.5) is 0 Å². The molecule has 0 aliphatic heterocycles. The van der Waals surface area contributed by atoms with Crippen molar-refractivity contribution in [1.29, 1.82) is 0 Å². The first-order valence-corrected chi connectivity index (χ1v) is 6.38. The SMILES string of the molecule is CCSCc1c[nH]c2c(CN)cccc12. The lowest BCUT2D eigenvalue weighted by molar-refractivity contribution is 1.08. The molecule has 2 rings (SSSR count). The highest BCUT2D eigenvalue weighted by Gasteiger charge is 2.05. The van der Waals surface area contributed by atoms with E-state index < -0.39 is 0 Å². The molecule has 3 heteroatoms. The first-order valence-electron chi connectivity index (χ1n) is 5.22. The summed E-state index contributed by atoms with van der Waals surface area (Å²) >= 11 is 1.94. The van der Waals surface area contributed by atoms with E-state index in [0.29, 0.717) is 6.54 Å². The highest BCUT2D eigenvalue weighted by molar-refractivity contribution is 7.98. The van der Waals surface area contributed by atoms with E-state index in [1.807, 2.05) is 11.8 Å². The van der Waals surface area contributed by atoms with Gasteiger partial charge in [-0.2, -0.15) is 11.8 Å². The second-order valence-electron chi connectivity index (χ2n) is 3.49. The van der Waals surface area contributed by atoms with Crippen LogP contribution < -0.4 is 5.73 Å². The van der Waals surface area contributed by atoms with Crippen molar-refractivity contribution in [1.82, 2.24) is 4.98 Å². The molecule has 3 N–H and O–H groups in total. The van der Waals surface area contributed by atoms with Crippen molar-refractivity contribution >= 4 is 22.7 Å². The molecular weight excluding hydrogens is 204 g/mol. The molecule has 0 bridgehead atoms. The summed E-state index contributed by atoms with van der Waals surface area (Å²) in [6, 6.07) is 6.32. The van der Waals surface area contributed by atoms with Crippen LogP contribution in [0.5, 0.6) is 0 Å². The fraction of sp³-hybridized carbons (Fsp3) is 0.333. The molecule has 0 spiro atoms. The van der Waals surface area contributed by atoms with Gasteiger partial charge in [-0.05, 0) is 16.9 Å². The summed E-state index contributed by atoms with van der Waals surface area (Å²) in [4.78, 5) is 3.32. The van der Waals surface area contributed by atoms with E-state index in [1.165, 1.54) is 22.0 Å². The molecule has 1 aromatic carbocycles. The van der Waals surface area contributed by atoms with Gasteiger partial charge in [-0.1, -0.05) is 25.1 Å². The molecular formula is C12H16N2S. The van der Waals surface area contributed by atoms with Crippen molar-refractivity contribution in [3.8, 4) is 0 Å². The highest BCUT2D eigenvalue weighted by atomic mass is 32.2. The highest BCUT2D eigenvalue weighted by Crippen LogP contribution is 2.24. The van der Waals surface area contributed by atoms with Gasteiger partial charge < -0.3 is 10.7 Å². The normalized spacial score (nSPS) is 11.1. The van der Waals surface area contributed by atoms with Crippen LogP contribution in [0.25, 0.3) is 10.9 Å². The number of benzene rings is 1. The number of nitrogens with two attached hydrogens (primary N) is 1. The molecule has 0 atom stereocenters. The van der Waals surface area contributed by atoms with Crippen LogP contribution in [0.1, 0.15) is 18.1 Å². The van der Waals surface area contributed by atoms with E-state index in [4.69, 9.17) is 5.73 Å². The lowest BCUT2D eigenvalue weighted by Gasteiger charge is -2.00. The van der Waals surface area contributed by atoms with Gasteiger partial charge in [0.2, 0.25) is 0 Å². The Hall–Kier alpha value is -0.930. The van der Waals surface area contributed by atoms with E-state index >= 15 is 0 Å². The minimum atomic E-state index is 0.595. The van der Waals surface area contributed by atoms with E-state index in [1.54, 1.807) is 0 Å². The Morgan fingerprint density at radius 1 is 1.33 bits per heavy atom. The lowest BCUT2D eigenvalue weighted by Crippen LogP contribution is -1.96. The number of hydrogen-bond donors (Lipinski definition) is 2. The maximum absolute atomic E-state index is 5.70. The van der Waals surface area contributed by atoms with Crippen molar-refractivity contribution in [2.45, 2.75) is 19.2 Å². The Morgan fingerprint density at radius 3 is 2.93 bits per heavy atom. The number of fused-ring (bicyclic) bond motifs is 1. The van der Waals surface area contributed by atoms with Crippen molar-refractivity contribution in [2.75, 3.05) is 5.75 Å². The molecule has 0 radical (unpaired) electrons. The summed E-state index contributed by atoms with van der Waals surface area (Å²) in [5, 5.41) is 1.32. The summed E-state index contributed by atoms with van der Waals surface area (Å²) in [6.45, 7) is 2.78. The van der Waals surface area contributed by atoms with Crippen LogP contribution in [0, 0.1) is 0 Å². The van der Waals surface area contributed by atoms with Crippen LogP contribution in [-0.4, -0.2) is 10.7 Å². The third-order valence-electron chi connectivity index (χ3n) is 2.57. The van der Waals surface area contributed by atoms with Gasteiger partial charge in [0, 0.05) is 23.9 Å². The monoisotopic (exact) mass is 220 g/mol. The molecule has 2 aromatic rings. The number of aromatic nitrogens is 1. The van der Waals surface area contributed by atoms with Gasteiger partial charge in [-0.3, -0.25) is 0 Å². The summed E-state index contributed by atoms with van der Waals surface area (Å²) in [6.07, 6.45) is 2.10. The summed E-state index contributed by atoms with van der Waals surface area (Å²) < 4.78 is 0. The molecule has 0 fully saturated rings. The standard InChI is InChI=1S/C12H16N2S/c1-2-15-8-10-7-14-12-9(6-13)4-3-5-11(10)12/h3-5,7,14H,2,6,8,13H2,1H3. The van der Waals surface area contributed by atoms with Crippen LogP contribution in [-0.2, 0) is 12.3 Å². The lowest BCUT2D eigenvalue weighted by atomic mass is 10.1. The van der Waals surface area contributed by atoms with Gasteiger partial charge in [0.15, 0.2) is 0 Å². The zero-order valence-electron chi connectivity index (χ0n) is 8.92. The summed E-state index contributed by atoms with van der Waals surface area (Å²) in [5.74, 6) is 2.23. The molecule has 1 heterocycles. The number of hydrogen-bond acceptors (Lipinski definition) is 2. The molecule has 0 aliphatic rings. The number of rotatable bonds is 4. The predicted octanol–water partition coefficient (Wildman–Crippen LogP) is 2.88. The minimum Gasteiger partial charge on any atom is -0.361 e. The molecule has 0 aliphatic carbocycles. The third kappa shape index (κ3) is 2.03. The van der Waals surface area contributed by atoms with Gasteiger partial charge in [-0.25, -0.2) is 0 Å². The molecule has 15 heavy (non-hydrogen) atoms. The second kappa shape index (κ2) is 4.73. The van der Waals surface area contributed by atoms with Crippen molar-refractivity contribution in [3.63, 3.8) is 0 Å². The Balaban J connectivity index is 2.42. The Kier molecular flexibility index (Phi) is 3.34. The minimum absolute atomic E-state index is 0.595. The maximum Gasteiger partial charge on any atom is 0.0502 e. The number of thioether (sulfide) groups is 1. The Morgan fingerprint density at radius 2 is 2.20 bits per heavy atom. The fourth-order valence-electron chi connectivity index (χ4n) is 1.78. The largest absolute Gasteiger partial charge is 0.361 e. The number of para-hydroxylation sites is 1. The van der Waals surface area contributed by atoms with Gasteiger partial charge in [0.05, 0.1) is 5.52 Å². The quantitative estimate of drug-likeness (QED) is 0.832. The smallest absolute Gasteiger partial charge is 0.0502 e. The van der Waals surface area contributed by atoms with Crippen molar-refractivity contribution in [3.05, 3.63) is 35.5 Å². The van der Waals surface area contributed by atoms with E-state index in [-0.39, 0.29) is 0 Å². The average Bonchev–Trinajstić information content (AvgIpc) is 2.69. The molecule has 2 nitrogen and oxygen atoms in total. The fourth-order valence-corrected chi connectivity index (χ4v) is 2.44. The van der Waals surface area contributed by atoms with Crippen LogP contribution in [0.2, 0.25) is 0 Å². The van der Waals surface area contributed by atoms with Crippen molar-refractivity contribution in [2.24, 2.45) is 5.73 Å². The molecule has 0 saturated heterocycles.